The summed E-state index contributed by atoms with van der Waals surface area (Å²) in [5, 5.41) is 9.60. The molecule has 0 saturated carbocycles. The van der Waals surface area contributed by atoms with Crippen LogP contribution in [0.3, 0.4) is 0 Å². The van der Waals surface area contributed by atoms with E-state index in [9.17, 15) is 4.79 Å². The van der Waals surface area contributed by atoms with Gasteiger partial charge in [-0.15, -0.1) is 0 Å². The molecule has 0 aromatic heterocycles. The molecule has 0 unspecified atom stereocenters. The predicted molar refractivity (Wildman–Crippen MR) is 67.1 cm³/mol. The van der Waals surface area contributed by atoms with Gasteiger partial charge in [-0.05, 0) is 38.0 Å². The summed E-state index contributed by atoms with van der Waals surface area (Å²) in [7, 11) is 0. The Balaban J connectivity index is 2.32. The van der Waals surface area contributed by atoms with Crippen molar-refractivity contribution in [2.75, 3.05) is 6.61 Å². The number of ether oxygens (including phenoxy) is 1. The molecule has 3 nitrogen and oxygen atoms in total. The molecular formula is C13H17ClO3. The van der Waals surface area contributed by atoms with Crippen LogP contribution in [-0.4, -0.2) is 17.7 Å². The van der Waals surface area contributed by atoms with Crippen molar-refractivity contribution in [1.29, 1.82) is 0 Å². The topological polar surface area (TPSA) is 46.5 Å². The summed E-state index contributed by atoms with van der Waals surface area (Å²) in [6, 6.07) is 7.43. The minimum Gasteiger partial charge on any atom is -0.481 e. The van der Waals surface area contributed by atoms with Crippen molar-refractivity contribution >= 4 is 17.6 Å². The molecule has 0 bridgehead atoms. The lowest BCUT2D eigenvalue weighted by Crippen LogP contribution is -2.25. The normalized spacial score (nSPS) is 11.5. The Kier molecular flexibility index (Phi) is 4.97. The summed E-state index contributed by atoms with van der Waals surface area (Å²) in [5.41, 5.74) is 0.250. The SMILES string of the molecule is CC(C)(CCOCc1cccc(Cl)c1)C(=O)O. The standard InChI is InChI=1S/C13H17ClO3/c1-13(2,12(15)16)6-7-17-9-10-4-3-5-11(14)8-10/h3-5,8H,6-7,9H2,1-2H3,(H,15,16). The lowest BCUT2D eigenvalue weighted by atomic mass is 9.90. The van der Waals surface area contributed by atoms with Crippen LogP contribution in [0.1, 0.15) is 25.8 Å². The van der Waals surface area contributed by atoms with E-state index in [-0.39, 0.29) is 0 Å². The molecule has 1 aromatic rings. The number of hydrogen-bond donors (Lipinski definition) is 1. The lowest BCUT2D eigenvalue weighted by Gasteiger charge is -2.18. The highest BCUT2D eigenvalue weighted by molar-refractivity contribution is 6.30. The second-order valence-corrected chi connectivity index (χ2v) is 5.06. The largest absolute Gasteiger partial charge is 0.481 e. The van der Waals surface area contributed by atoms with Gasteiger partial charge in [-0.1, -0.05) is 23.7 Å². The number of benzene rings is 1. The molecule has 17 heavy (non-hydrogen) atoms. The van der Waals surface area contributed by atoms with Crippen LogP contribution in [0.4, 0.5) is 0 Å². The highest BCUT2D eigenvalue weighted by atomic mass is 35.5. The van der Waals surface area contributed by atoms with Gasteiger partial charge in [0.1, 0.15) is 0 Å². The molecule has 4 heteroatoms. The first-order valence-corrected chi connectivity index (χ1v) is 5.85. The van der Waals surface area contributed by atoms with E-state index < -0.39 is 11.4 Å². The van der Waals surface area contributed by atoms with Gasteiger partial charge in [0.15, 0.2) is 0 Å². The molecule has 0 spiro atoms. The van der Waals surface area contributed by atoms with Gasteiger partial charge in [-0.3, -0.25) is 4.79 Å². The number of rotatable bonds is 6. The maximum atomic E-state index is 10.9. The first-order valence-electron chi connectivity index (χ1n) is 5.47. The second kappa shape index (κ2) is 6.03. The lowest BCUT2D eigenvalue weighted by molar-refractivity contribution is -0.148. The molecule has 1 aromatic carbocycles. The van der Waals surface area contributed by atoms with Gasteiger partial charge in [-0.2, -0.15) is 0 Å². The van der Waals surface area contributed by atoms with Crippen LogP contribution in [0.2, 0.25) is 5.02 Å². The van der Waals surface area contributed by atoms with Gasteiger partial charge in [0.05, 0.1) is 12.0 Å². The average Bonchev–Trinajstić information content (AvgIpc) is 2.24. The third-order valence-electron chi connectivity index (χ3n) is 2.61. The first-order chi connectivity index (χ1) is 7.92. The number of hydrogen-bond acceptors (Lipinski definition) is 2. The van der Waals surface area contributed by atoms with E-state index in [0.29, 0.717) is 24.7 Å². The van der Waals surface area contributed by atoms with Gasteiger partial charge in [-0.25, -0.2) is 0 Å². The minimum absolute atomic E-state index is 0.422. The number of aliphatic carboxylic acids is 1. The molecule has 0 aliphatic heterocycles. The Morgan fingerprint density at radius 3 is 2.76 bits per heavy atom. The van der Waals surface area contributed by atoms with Crippen LogP contribution in [0.5, 0.6) is 0 Å². The Morgan fingerprint density at radius 1 is 1.47 bits per heavy atom. The zero-order valence-corrected chi connectivity index (χ0v) is 10.8. The predicted octanol–water partition coefficient (Wildman–Crippen LogP) is 3.36. The molecule has 1 rings (SSSR count). The smallest absolute Gasteiger partial charge is 0.309 e. The second-order valence-electron chi connectivity index (χ2n) is 4.62. The van der Waals surface area contributed by atoms with Crippen molar-refractivity contribution in [3.8, 4) is 0 Å². The molecule has 0 heterocycles. The van der Waals surface area contributed by atoms with Crippen molar-refractivity contribution in [1.82, 2.24) is 0 Å². The molecule has 94 valence electrons. The summed E-state index contributed by atoms with van der Waals surface area (Å²) < 4.78 is 5.44. The number of carbonyl (C=O) groups is 1. The third-order valence-corrected chi connectivity index (χ3v) is 2.84. The fourth-order valence-corrected chi connectivity index (χ4v) is 1.46. The maximum absolute atomic E-state index is 10.9. The van der Waals surface area contributed by atoms with Crippen molar-refractivity contribution in [3.05, 3.63) is 34.9 Å². The quantitative estimate of drug-likeness (QED) is 0.794. The summed E-state index contributed by atoms with van der Waals surface area (Å²) in [6.07, 6.45) is 0.489. The molecule has 0 fully saturated rings. The van der Waals surface area contributed by atoms with Gasteiger partial charge >= 0.3 is 5.97 Å². The molecule has 0 aliphatic carbocycles. The summed E-state index contributed by atoms with van der Waals surface area (Å²) >= 11 is 5.84. The van der Waals surface area contributed by atoms with Crippen LogP contribution < -0.4 is 0 Å². The summed E-state index contributed by atoms with van der Waals surface area (Å²) in [4.78, 5) is 10.9. The van der Waals surface area contributed by atoms with Crippen LogP contribution in [0.25, 0.3) is 0 Å². The zero-order chi connectivity index (χ0) is 12.9. The number of halogens is 1. The van der Waals surface area contributed by atoms with E-state index in [1.807, 2.05) is 18.2 Å². The van der Waals surface area contributed by atoms with E-state index in [2.05, 4.69) is 0 Å². The Bertz CT molecular complexity index is 388. The Morgan fingerprint density at radius 2 is 2.18 bits per heavy atom. The van der Waals surface area contributed by atoms with Gasteiger partial charge in [0, 0.05) is 11.6 Å². The van der Waals surface area contributed by atoms with Gasteiger partial charge in [0.25, 0.3) is 0 Å². The van der Waals surface area contributed by atoms with Crippen molar-refractivity contribution in [2.24, 2.45) is 5.41 Å². The molecule has 0 saturated heterocycles. The molecule has 0 aliphatic rings. The molecular weight excluding hydrogens is 240 g/mol. The first kappa shape index (κ1) is 14.0. The minimum atomic E-state index is -0.802. The Labute approximate surface area is 106 Å². The third kappa shape index (κ3) is 4.75. The highest BCUT2D eigenvalue weighted by Crippen LogP contribution is 2.20. The molecule has 0 radical (unpaired) electrons. The average molecular weight is 257 g/mol. The number of carboxylic acid groups (broad SMARTS) is 1. The molecule has 0 amide bonds. The van der Waals surface area contributed by atoms with E-state index >= 15 is 0 Å². The van der Waals surface area contributed by atoms with E-state index in [4.69, 9.17) is 21.4 Å². The highest BCUT2D eigenvalue weighted by Gasteiger charge is 2.26. The molecule has 1 N–H and O–H groups in total. The van der Waals surface area contributed by atoms with Crippen LogP contribution in [0.15, 0.2) is 24.3 Å². The summed E-state index contributed by atoms with van der Waals surface area (Å²) in [5.74, 6) is -0.802. The van der Waals surface area contributed by atoms with Crippen molar-refractivity contribution in [3.63, 3.8) is 0 Å². The van der Waals surface area contributed by atoms with E-state index in [1.54, 1.807) is 19.9 Å². The van der Waals surface area contributed by atoms with Gasteiger partial charge < -0.3 is 9.84 Å². The van der Waals surface area contributed by atoms with Crippen LogP contribution in [0, 0.1) is 5.41 Å². The fourth-order valence-electron chi connectivity index (χ4n) is 1.25. The Hall–Kier alpha value is -1.06. The van der Waals surface area contributed by atoms with Gasteiger partial charge in [0.2, 0.25) is 0 Å². The number of carboxylic acids is 1. The van der Waals surface area contributed by atoms with Crippen LogP contribution in [-0.2, 0) is 16.1 Å². The maximum Gasteiger partial charge on any atom is 0.309 e. The van der Waals surface area contributed by atoms with E-state index in [0.717, 1.165) is 5.56 Å². The van der Waals surface area contributed by atoms with E-state index in [1.165, 1.54) is 0 Å². The fraction of sp³-hybridized carbons (Fsp3) is 0.462. The monoisotopic (exact) mass is 256 g/mol. The van der Waals surface area contributed by atoms with Crippen LogP contribution >= 0.6 is 11.6 Å². The molecule has 0 atom stereocenters. The zero-order valence-electron chi connectivity index (χ0n) is 10.1. The van der Waals surface area contributed by atoms with Crippen molar-refractivity contribution < 1.29 is 14.6 Å². The summed E-state index contributed by atoms with van der Waals surface area (Å²) in [6.45, 7) is 4.26. The van der Waals surface area contributed by atoms with Crippen molar-refractivity contribution in [2.45, 2.75) is 26.9 Å².